The number of rotatable bonds is 1. The van der Waals surface area contributed by atoms with Gasteiger partial charge in [0.15, 0.2) is 0 Å². The van der Waals surface area contributed by atoms with Gasteiger partial charge in [-0.3, -0.25) is 4.79 Å². The molecule has 1 aliphatic heterocycles. The number of benzene rings is 1. The van der Waals surface area contributed by atoms with Crippen molar-refractivity contribution in [2.45, 2.75) is 18.8 Å². The van der Waals surface area contributed by atoms with Crippen LogP contribution in [0.15, 0.2) is 24.3 Å². The number of nitrogens with zero attached hydrogens (tertiary/aromatic N) is 1. The Morgan fingerprint density at radius 2 is 1.39 bits per heavy atom. The second-order valence-electron chi connectivity index (χ2n) is 5.43. The van der Waals surface area contributed by atoms with Crippen molar-refractivity contribution >= 4 is 17.5 Å². The van der Waals surface area contributed by atoms with Crippen molar-refractivity contribution < 1.29 is 31.1 Å². The number of likely N-dealkylation sites (tertiary alicyclic amines) is 1. The van der Waals surface area contributed by atoms with Crippen molar-refractivity contribution in [2.75, 3.05) is 13.1 Å². The van der Waals surface area contributed by atoms with Crippen LogP contribution in [0, 0.1) is 11.8 Å². The fraction of sp³-hybridized carbons (Fsp3) is 0.500. The highest BCUT2D eigenvalue weighted by Crippen LogP contribution is 2.41. The van der Waals surface area contributed by atoms with Gasteiger partial charge in [-0.05, 0) is 30.7 Å². The maximum atomic E-state index is 12.9. The van der Waals surface area contributed by atoms with Crippen LogP contribution in [-0.4, -0.2) is 36.2 Å². The molecule has 0 spiro atoms. The van der Waals surface area contributed by atoms with Gasteiger partial charge < -0.3 is 4.90 Å². The van der Waals surface area contributed by atoms with Crippen LogP contribution in [0.25, 0.3) is 0 Å². The Labute approximate surface area is 133 Å². The van der Waals surface area contributed by atoms with Gasteiger partial charge in [-0.15, -0.1) is 0 Å². The van der Waals surface area contributed by atoms with Gasteiger partial charge in [0.1, 0.15) is 0 Å². The van der Waals surface area contributed by atoms with Crippen LogP contribution in [0.5, 0.6) is 0 Å². The number of carbonyl (C=O) groups is 1. The minimum absolute atomic E-state index is 0.00171. The van der Waals surface area contributed by atoms with Gasteiger partial charge in [0.2, 0.25) is 0 Å². The predicted molar refractivity (Wildman–Crippen MR) is 71.1 cm³/mol. The van der Waals surface area contributed by atoms with Gasteiger partial charge >= 0.3 is 12.4 Å². The van der Waals surface area contributed by atoms with E-state index in [2.05, 4.69) is 0 Å². The summed E-state index contributed by atoms with van der Waals surface area (Å²) in [5, 5.41) is 0.307. The van der Waals surface area contributed by atoms with Gasteiger partial charge in [0.25, 0.3) is 5.91 Å². The summed E-state index contributed by atoms with van der Waals surface area (Å²) in [6, 6.07) is 5.23. The zero-order valence-corrected chi connectivity index (χ0v) is 12.3. The second-order valence-corrected chi connectivity index (χ2v) is 5.87. The molecule has 9 heteroatoms. The molecule has 0 bridgehead atoms. The highest BCUT2D eigenvalue weighted by atomic mass is 35.5. The van der Waals surface area contributed by atoms with E-state index in [1.807, 2.05) is 0 Å². The van der Waals surface area contributed by atoms with Crippen molar-refractivity contribution in [1.82, 2.24) is 4.90 Å². The molecule has 2 rings (SSSR count). The van der Waals surface area contributed by atoms with E-state index in [0.717, 1.165) is 0 Å². The van der Waals surface area contributed by atoms with Crippen LogP contribution in [-0.2, 0) is 0 Å². The standard InChI is InChI=1S/C14H12ClF6NO/c15-11-3-1-8(2-4-11)12(23)22-6-9(13(16,17)18)5-10(7-22)14(19,20)21/h1-4,9-10H,5-7H2. The molecule has 2 unspecified atom stereocenters. The highest BCUT2D eigenvalue weighted by molar-refractivity contribution is 6.30. The Balaban J connectivity index is 2.25. The topological polar surface area (TPSA) is 20.3 Å². The summed E-state index contributed by atoms with van der Waals surface area (Å²) >= 11 is 5.65. The molecule has 0 saturated carbocycles. The van der Waals surface area contributed by atoms with Crippen LogP contribution in [0.4, 0.5) is 26.3 Å². The lowest BCUT2D eigenvalue weighted by Crippen LogP contribution is -2.51. The van der Waals surface area contributed by atoms with Crippen LogP contribution in [0.1, 0.15) is 16.8 Å². The summed E-state index contributed by atoms with van der Waals surface area (Å²) in [7, 11) is 0. The maximum absolute atomic E-state index is 12.9. The average Bonchev–Trinajstić information content (AvgIpc) is 2.45. The summed E-state index contributed by atoms with van der Waals surface area (Å²) in [6.07, 6.45) is -10.6. The van der Waals surface area contributed by atoms with Gasteiger partial charge in [-0.1, -0.05) is 11.6 Å². The molecule has 1 saturated heterocycles. The number of hydrogen-bond acceptors (Lipinski definition) is 1. The van der Waals surface area contributed by atoms with Crippen LogP contribution in [0.3, 0.4) is 0 Å². The molecule has 2 atom stereocenters. The summed E-state index contributed by atoms with van der Waals surface area (Å²) in [5.41, 5.74) is -0.00171. The molecule has 1 aliphatic rings. The average molecular weight is 360 g/mol. The van der Waals surface area contributed by atoms with Crippen LogP contribution < -0.4 is 0 Å². The quantitative estimate of drug-likeness (QED) is 0.674. The Bertz CT molecular complexity index is 546. The first-order valence-corrected chi connectivity index (χ1v) is 7.04. The normalized spacial score (nSPS) is 23.0. The van der Waals surface area contributed by atoms with Crippen molar-refractivity contribution in [3.8, 4) is 0 Å². The van der Waals surface area contributed by atoms with E-state index in [4.69, 9.17) is 11.6 Å². The molecule has 23 heavy (non-hydrogen) atoms. The number of hydrogen-bond donors (Lipinski definition) is 0. The number of piperidine rings is 1. The Kier molecular flexibility index (Phi) is 4.84. The van der Waals surface area contributed by atoms with E-state index in [0.29, 0.717) is 9.92 Å². The zero-order chi connectivity index (χ0) is 17.4. The number of alkyl halides is 6. The van der Waals surface area contributed by atoms with Crippen LogP contribution >= 0.6 is 11.6 Å². The van der Waals surface area contributed by atoms with Crippen LogP contribution in [0.2, 0.25) is 5.02 Å². The van der Waals surface area contributed by atoms with E-state index >= 15 is 0 Å². The molecule has 1 fully saturated rings. The van der Waals surface area contributed by atoms with E-state index < -0.39 is 49.6 Å². The Hall–Kier alpha value is -1.44. The molecule has 128 valence electrons. The van der Waals surface area contributed by atoms with Gasteiger partial charge in [0.05, 0.1) is 11.8 Å². The lowest BCUT2D eigenvalue weighted by atomic mass is 9.88. The smallest absolute Gasteiger partial charge is 0.337 e. The van der Waals surface area contributed by atoms with Crippen molar-refractivity contribution in [1.29, 1.82) is 0 Å². The Morgan fingerprint density at radius 3 is 1.78 bits per heavy atom. The Morgan fingerprint density at radius 1 is 0.957 bits per heavy atom. The minimum Gasteiger partial charge on any atom is -0.337 e. The predicted octanol–water partition coefficient (Wildman–Crippen LogP) is 4.54. The first kappa shape index (κ1) is 17.9. The van der Waals surface area contributed by atoms with Gasteiger partial charge in [-0.25, -0.2) is 0 Å². The molecule has 1 amide bonds. The molecular weight excluding hydrogens is 348 g/mol. The SMILES string of the molecule is O=C(c1ccc(Cl)cc1)N1CC(C(F)(F)F)CC(C(F)(F)F)C1. The summed E-state index contributed by atoms with van der Waals surface area (Å²) in [4.78, 5) is 12.8. The van der Waals surface area contributed by atoms with E-state index in [9.17, 15) is 31.1 Å². The summed E-state index contributed by atoms with van der Waals surface area (Å²) in [6.45, 7) is -1.56. The van der Waals surface area contributed by atoms with E-state index in [-0.39, 0.29) is 5.56 Å². The molecule has 0 radical (unpaired) electrons. The second kappa shape index (κ2) is 6.22. The zero-order valence-electron chi connectivity index (χ0n) is 11.6. The molecule has 1 heterocycles. The third kappa shape index (κ3) is 4.31. The van der Waals surface area contributed by atoms with Crippen molar-refractivity contribution in [3.05, 3.63) is 34.9 Å². The third-order valence-corrected chi connectivity index (χ3v) is 4.01. The molecule has 0 aliphatic carbocycles. The number of halogens is 7. The summed E-state index contributed by atoms with van der Waals surface area (Å²) < 4.78 is 77.2. The van der Waals surface area contributed by atoms with Gasteiger partial charge in [0, 0.05) is 23.7 Å². The highest BCUT2D eigenvalue weighted by Gasteiger charge is 2.52. The lowest BCUT2D eigenvalue weighted by molar-refractivity contribution is -0.226. The monoisotopic (exact) mass is 359 g/mol. The fourth-order valence-corrected chi connectivity index (χ4v) is 2.64. The third-order valence-electron chi connectivity index (χ3n) is 3.75. The molecule has 1 aromatic carbocycles. The molecule has 0 N–H and O–H groups in total. The molecule has 1 aromatic rings. The van der Waals surface area contributed by atoms with E-state index in [1.165, 1.54) is 24.3 Å². The largest absolute Gasteiger partial charge is 0.393 e. The first-order valence-electron chi connectivity index (χ1n) is 6.66. The molecular formula is C14H12ClF6NO. The first-order chi connectivity index (χ1) is 10.5. The molecule has 0 aromatic heterocycles. The minimum atomic E-state index is -4.79. The number of amides is 1. The number of carbonyl (C=O) groups excluding carboxylic acids is 1. The lowest BCUT2D eigenvalue weighted by Gasteiger charge is -2.39. The maximum Gasteiger partial charge on any atom is 0.393 e. The van der Waals surface area contributed by atoms with Crippen molar-refractivity contribution in [2.24, 2.45) is 11.8 Å². The fourth-order valence-electron chi connectivity index (χ4n) is 2.51. The van der Waals surface area contributed by atoms with Crippen molar-refractivity contribution in [3.63, 3.8) is 0 Å². The summed E-state index contributed by atoms with van der Waals surface area (Å²) in [5.74, 6) is -5.26. The molecule has 2 nitrogen and oxygen atoms in total. The van der Waals surface area contributed by atoms with Gasteiger partial charge in [-0.2, -0.15) is 26.3 Å². The van der Waals surface area contributed by atoms with E-state index in [1.54, 1.807) is 0 Å².